The normalized spacial score (nSPS) is 13.6. The molecule has 1 aliphatic carbocycles. The zero-order valence-electron chi connectivity index (χ0n) is 19.9. The number of carbonyl (C=O) groups excluding carboxylic acids is 1. The van der Waals surface area contributed by atoms with Crippen LogP contribution in [0.15, 0.2) is 84.4 Å². The Morgan fingerprint density at radius 3 is 2.00 bits per heavy atom. The van der Waals surface area contributed by atoms with E-state index in [2.05, 4.69) is 63.2 Å². The summed E-state index contributed by atoms with van der Waals surface area (Å²) in [5.41, 5.74) is 4.24. The average molecular weight is 456 g/mol. The Morgan fingerprint density at radius 1 is 0.848 bits per heavy atom. The molecule has 169 valence electrons. The summed E-state index contributed by atoms with van der Waals surface area (Å²) in [5, 5.41) is 2.28. The molecular formula is C29H31O3Si. The van der Waals surface area contributed by atoms with E-state index in [0.717, 1.165) is 22.4 Å². The van der Waals surface area contributed by atoms with Gasteiger partial charge in [-0.15, -0.1) is 0 Å². The quantitative estimate of drug-likeness (QED) is 0.386. The van der Waals surface area contributed by atoms with Crippen LogP contribution < -0.4 is 10.4 Å². The zero-order valence-corrected chi connectivity index (χ0v) is 20.9. The molecule has 3 aromatic carbocycles. The zero-order chi connectivity index (χ0) is 23.4. The lowest BCUT2D eigenvalue weighted by Crippen LogP contribution is -2.45. The lowest BCUT2D eigenvalue weighted by Gasteiger charge is -2.31. The van der Waals surface area contributed by atoms with Crippen LogP contribution in [0.2, 0.25) is 0 Å². The third-order valence-corrected chi connectivity index (χ3v) is 8.05. The van der Waals surface area contributed by atoms with Crippen LogP contribution in [0.1, 0.15) is 50.8 Å². The molecule has 0 heterocycles. The molecule has 1 aliphatic rings. The maximum atomic E-state index is 13.0. The first-order valence-corrected chi connectivity index (χ1v) is 13.0. The van der Waals surface area contributed by atoms with Gasteiger partial charge in [-0.2, -0.15) is 0 Å². The van der Waals surface area contributed by atoms with Crippen molar-refractivity contribution >= 4 is 31.1 Å². The van der Waals surface area contributed by atoms with Gasteiger partial charge >= 0.3 is 15.0 Å². The van der Waals surface area contributed by atoms with E-state index in [9.17, 15) is 4.79 Å². The molecule has 4 rings (SSSR count). The first-order chi connectivity index (χ1) is 15.9. The SMILES string of the molecule is CCOC(=O)C1=C(O[Si](c2ccccc2)c2ccccc2)c2cccc(C(C)(C)C)c2CC1. The summed E-state index contributed by atoms with van der Waals surface area (Å²) in [7, 11) is -1.63. The van der Waals surface area contributed by atoms with E-state index in [1.165, 1.54) is 11.1 Å². The third kappa shape index (κ3) is 4.96. The summed E-state index contributed by atoms with van der Waals surface area (Å²) < 4.78 is 12.4. The van der Waals surface area contributed by atoms with Gasteiger partial charge in [0.2, 0.25) is 0 Å². The van der Waals surface area contributed by atoms with Crippen LogP contribution in [-0.2, 0) is 25.8 Å². The van der Waals surface area contributed by atoms with Gasteiger partial charge in [-0.05, 0) is 46.7 Å². The Hall–Kier alpha value is -3.11. The van der Waals surface area contributed by atoms with Crippen molar-refractivity contribution in [3.8, 4) is 0 Å². The van der Waals surface area contributed by atoms with Gasteiger partial charge in [0.15, 0.2) is 0 Å². The Bertz CT molecular complexity index is 1100. The summed E-state index contributed by atoms with van der Waals surface area (Å²) in [4.78, 5) is 13.0. The van der Waals surface area contributed by atoms with Gasteiger partial charge in [-0.1, -0.05) is 99.6 Å². The molecule has 0 aromatic heterocycles. The number of ether oxygens (including phenoxy) is 1. The fraction of sp³-hybridized carbons (Fsp3) is 0.276. The molecule has 0 saturated carbocycles. The molecule has 4 heteroatoms. The topological polar surface area (TPSA) is 35.5 Å². The molecule has 0 unspecified atom stereocenters. The van der Waals surface area contributed by atoms with Crippen molar-refractivity contribution in [1.29, 1.82) is 0 Å². The predicted octanol–water partition coefficient (Wildman–Crippen LogP) is 5.03. The van der Waals surface area contributed by atoms with Crippen LogP contribution in [0.5, 0.6) is 0 Å². The highest BCUT2D eigenvalue weighted by atomic mass is 28.3. The average Bonchev–Trinajstić information content (AvgIpc) is 2.82. The Balaban J connectivity index is 1.88. The fourth-order valence-corrected chi connectivity index (χ4v) is 6.39. The van der Waals surface area contributed by atoms with Gasteiger partial charge in [0.05, 0.1) is 12.2 Å². The molecule has 0 atom stereocenters. The van der Waals surface area contributed by atoms with Crippen LogP contribution in [0.3, 0.4) is 0 Å². The van der Waals surface area contributed by atoms with Crippen LogP contribution in [-0.4, -0.2) is 21.6 Å². The van der Waals surface area contributed by atoms with Crippen LogP contribution >= 0.6 is 0 Å². The second kappa shape index (κ2) is 9.80. The summed E-state index contributed by atoms with van der Waals surface area (Å²) in [6.07, 6.45) is 1.43. The van der Waals surface area contributed by atoms with Gasteiger partial charge in [-0.3, -0.25) is 0 Å². The highest BCUT2D eigenvalue weighted by molar-refractivity contribution is 6.80. The van der Waals surface area contributed by atoms with Gasteiger partial charge in [-0.25, -0.2) is 4.79 Å². The molecule has 0 bridgehead atoms. The van der Waals surface area contributed by atoms with Gasteiger partial charge in [0.1, 0.15) is 5.76 Å². The minimum atomic E-state index is -1.63. The molecule has 0 spiro atoms. The molecule has 33 heavy (non-hydrogen) atoms. The van der Waals surface area contributed by atoms with Crippen LogP contribution in [0, 0.1) is 0 Å². The monoisotopic (exact) mass is 455 g/mol. The van der Waals surface area contributed by atoms with E-state index in [1.807, 2.05) is 43.3 Å². The highest BCUT2D eigenvalue weighted by Crippen LogP contribution is 2.38. The Morgan fingerprint density at radius 2 is 1.45 bits per heavy atom. The lowest BCUT2D eigenvalue weighted by atomic mass is 9.78. The second-order valence-corrected chi connectivity index (χ2v) is 11.3. The summed E-state index contributed by atoms with van der Waals surface area (Å²) >= 11 is 0. The standard InChI is InChI=1S/C29H31O3Si/c1-5-31-28(30)25-20-19-23-24(17-12-18-26(23)29(2,3)4)27(25)32-33(21-13-8-6-9-14-21)22-15-10-7-11-16-22/h6-18H,5,19-20H2,1-4H3. The minimum absolute atomic E-state index is 0.00449. The predicted molar refractivity (Wildman–Crippen MR) is 136 cm³/mol. The Kier molecular flexibility index (Phi) is 6.85. The second-order valence-electron chi connectivity index (χ2n) is 9.27. The number of hydrogen-bond acceptors (Lipinski definition) is 3. The number of esters is 1. The maximum Gasteiger partial charge on any atom is 0.352 e. The molecule has 0 fully saturated rings. The number of fused-ring (bicyclic) bond motifs is 1. The van der Waals surface area contributed by atoms with Crippen LogP contribution in [0.25, 0.3) is 5.76 Å². The number of benzene rings is 3. The first kappa shape index (κ1) is 23.1. The third-order valence-electron chi connectivity index (χ3n) is 5.93. The fourth-order valence-electron chi connectivity index (χ4n) is 4.39. The van der Waals surface area contributed by atoms with E-state index >= 15 is 0 Å². The molecule has 3 aromatic rings. The Labute approximate surface area is 198 Å². The number of carbonyl (C=O) groups is 1. The van der Waals surface area contributed by atoms with Crippen molar-refractivity contribution in [3.63, 3.8) is 0 Å². The molecule has 0 aliphatic heterocycles. The van der Waals surface area contributed by atoms with Crippen LogP contribution in [0.4, 0.5) is 0 Å². The summed E-state index contributed by atoms with van der Waals surface area (Å²) in [5.74, 6) is 0.407. The smallest absolute Gasteiger partial charge is 0.352 e. The molecular weight excluding hydrogens is 424 g/mol. The molecule has 3 nitrogen and oxygen atoms in total. The van der Waals surface area contributed by atoms with Gasteiger partial charge in [0.25, 0.3) is 0 Å². The largest absolute Gasteiger partial charge is 0.532 e. The minimum Gasteiger partial charge on any atom is -0.532 e. The van der Waals surface area contributed by atoms with Crippen molar-refractivity contribution < 1.29 is 14.0 Å². The molecule has 0 N–H and O–H groups in total. The van der Waals surface area contributed by atoms with Crippen molar-refractivity contribution in [2.45, 2.75) is 46.0 Å². The van der Waals surface area contributed by atoms with E-state index in [4.69, 9.17) is 9.16 Å². The van der Waals surface area contributed by atoms with Gasteiger partial charge in [0, 0.05) is 5.56 Å². The lowest BCUT2D eigenvalue weighted by molar-refractivity contribution is -0.138. The molecule has 0 amide bonds. The highest BCUT2D eigenvalue weighted by Gasteiger charge is 2.33. The van der Waals surface area contributed by atoms with E-state index in [-0.39, 0.29) is 11.4 Å². The summed E-state index contributed by atoms with van der Waals surface area (Å²) in [6.45, 7) is 8.89. The number of rotatable bonds is 6. The maximum absolute atomic E-state index is 13.0. The van der Waals surface area contributed by atoms with E-state index in [0.29, 0.717) is 24.4 Å². The van der Waals surface area contributed by atoms with Crippen molar-refractivity contribution in [3.05, 3.63) is 101 Å². The number of hydrogen-bond donors (Lipinski definition) is 0. The van der Waals surface area contributed by atoms with E-state index < -0.39 is 9.04 Å². The van der Waals surface area contributed by atoms with Crippen molar-refractivity contribution in [1.82, 2.24) is 0 Å². The first-order valence-electron chi connectivity index (χ1n) is 11.6. The van der Waals surface area contributed by atoms with Crippen molar-refractivity contribution in [2.75, 3.05) is 6.61 Å². The molecule has 0 saturated heterocycles. The van der Waals surface area contributed by atoms with Crippen molar-refractivity contribution in [2.24, 2.45) is 0 Å². The van der Waals surface area contributed by atoms with Gasteiger partial charge < -0.3 is 9.16 Å². The molecule has 1 radical (unpaired) electrons. The summed E-state index contributed by atoms with van der Waals surface area (Å²) in [6, 6.07) is 27.0. The van der Waals surface area contributed by atoms with E-state index in [1.54, 1.807) is 0 Å².